The highest BCUT2D eigenvalue weighted by atomic mass is 79.9. The lowest BCUT2D eigenvalue weighted by Gasteiger charge is -2.17. The van der Waals surface area contributed by atoms with E-state index in [-0.39, 0.29) is 19.6 Å². The Morgan fingerprint density at radius 1 is 0.630 bits per heavy atom. The van der Waals surface area contributed by atoms with Crippen LogP contribution in [0.1, 0.15) is 64.3 Å². The van der Waals surface area contributed by atoms with Crippen molar-refractivity contribution in [2.75, 3.05) is 34.5 Å². The van der Waals surface area contributed by atoms with Gasteiger partial charge in [-0.2, -0.15) is 0 Å². The van der Waals surface area contributed by atoms with E-state index in [0.717, 1.165) is 49.5 Å². The summed E-state index contributed by atoms with van der Waals surface area (Å²) in [4.78, 5) is 34.7. The average molecular weight is 704 g/mol. The quantitative estimate of drug-likeness (QED) is 0.169. The van der Waals surface area contributed by atoms with Gasteiger partial charge < -0.3 is 28.8 Å². The third-order valence-corrected chi connectivity index (χ3v) is 7.23. The highest BCUT2D eigenvalue weighted by Crippen LogP contribution is 2.30. The first-order valence-corrected chi connectivity index (χ1v) is 15.6. The van der Waals surface area contributed by atoms with E-state index < -0.39 is 23.8 Å². The molecular formula is C36H47BrO9. The van der Waals surface area contributed by atoms with Crippen LogP contribution in [0.5, 0.6) is 17.2 Å². The molecule has 3 rings (SSSR count). The van der Waals surface area contributed by atoms with Crippen LogP contribution >= 0.6 is 15.9 Å². The third-order valence-electron chi connectivity index (χ3n) is 6.77. The van der Waals surface area contributed by atoms with Crippen LogP contribution in [0.3, 0.4) is 0 Å². The number of rotatable bonds is 10. The summed E-state index contributed by atoms with van der Waals surface area (Å²) in [7, 11) is 4.90. The fourth-order valence-electron chi connectivity index (χ4n) is 5.15. The Morgan fingerprint density at radius 3 is 1.26 bits per heavy atom. The highest BCUT2D eigenvalue weighted by Gasteiger charge is 2.32. The third kappa shape index (κ3) is 11.7. The minimum Gasteiger partial charge on any atom is -0.496 e. The molecule has 0 fully saturated rings. The fraction of sp³-hybridized carbons (Fsp3) is 0.417. The van der Waals surface area contributed by atoms with Crippen LogP contribution in [-0.4, -0.2) is 57.6 Å². The summed E-state index contributed by atoms with van der Waals surface area (Å²) in [6.45, 7) is 15.5. The van der Waals surface area contributed by atoms with Gasteiger partial charge in [0.2, 0.25) is 0 Å². The molecule has 0 aromatic heterocycles. The van der Waals surface area contributed by atoms with Crippen molar-refractivity contribution in [1.82, 2.24) is 0 Å². The van der Waals surface area contributed by atoms with Gasteiger partial charge in [0.05, 0.1) is 41.0 Å². The zero-order valence-electron chi connectivity index (χ0n) is 28.8. The van der Waals surface area contributed by atoms with E-state index in [1.54, 1.807) is 47.3 Å². The van der Waals surface area contributed by atoms with Gasteiger partial charge in [-0.1, -0.05) is 40.2 Å². The van der Waals surface area contributed by atoms with E-state index in [1.807, 2.05) is 65.8 Å². The van der Waals surface area contributed by atoms with Gasteiger partial charge in [-0.3, -0.25) is 14.4 Å². The molecule has 0 saturated carbocycles. The number of hydrogen-bond donors (Lipinski definition) is 1. The molecule has 46 heavy (non-hydrogen) atoms. The molecule has 0 bridgehead atoms. The molecule has 0 aliphatic rings. The van der Waals surface area contributed by atoms with Crippen molar-refractivity contribution in [3.63, 3.8) is 0 Å². The van der Waals surface area contributed by atoms with E-state index in [1.165, 1.54) is 11.1 Å². The Labute approximate surface area is 281 Å². The Kier molecular flexibility index (Phi) is 16.9. The van der Waals surface area contributed by atoms with Crippen LogP contribution in [0.25, 0.3) is 0 Å². The van der Waals surface area contributed by atoms with Gasteiger partial charge in [-0.25, -0.2) is 0 Å². The largest absolute Gasteiger partial charge is 0.496 e. The van der Waals surface area contributed by atoms with Crippen LogP contribution in [0.2, 0.25) is 0 Å². The minimum atomic E-state index is -1.06. The molecule has 0 spiro atoms. The SMILES string of the molecule is CCOC(=O)C(C(=O)OCC)c1cc(C)c(OC)c(C)c1.COc1c(C)cc(Br)cc1C.COc1c(C)cc(CC(=O)O)cc1C. The molecule has 0 radical (unpaired) electrons. The molecule has 0 heterocycles. The first-order valence-electron chi connectivity index (χ1n) is 14.8. The van der Waals surface area contributed by atoms with Crippen molar-refractivity contribution in [3.05, 3.63) is 85.4 Å². The number of carboxylic acid groups (broad SMARTS) is 1. The second-order valence-corrected chi connectivity index (χ2v) is 11.4. The maximum atomic E-state index is 12.1. The normalized spacial score (nSPS) is 10.1. The smallest absolute Gasteiger partial charge is 0.324 e. The highest BCUT2D eigenvalue weighted by molar-refractivity contribution is 9.10. The summed E-state index contributed by atoms with van der Waals surface area (Å²) in [5.74, 6) is -0.514. The Bertz CT molecular complexity index is 1410. The molecule has 10 heteroatoms. The van der Waals surface area contributed by atoms with Gasteiger partial charge in [0.15, 0.2) is 5.92 Å². The van der Waals surface area contributed by atoms with Crippen LogP contribution < -0.4 is 14.2 Å². The number of methoxy groups -OCH3 is 3. The van der Waals surface area contributed by atoms with Crippen LogP contribution in [0, 0.1) is 41.5 Å². The van der Waals surface area contributed by atoms with Gasteiger partial charge in [-0.05, 0) is 112 Å². The van der Waals surface area contributed by atoms with E-state index in [9.17, 15) is 14.4 Å². The Hall–Kier alpha value is -4.05. The lowest BCUT2D eigenvalue weighted by atomic mass is 9.95. The van der Waals surface area contributed by atoms with Crippen LogP contribution in [0.15, 0.2) is 40.9 Å². The molecular weight excluding hydrogens is 656 g/mol. The van der Waals surface area contributed by atoms with Crippen molar-refractivity contribution in [2.45, 2.75) is 67.7 Å². The molecule has 9 nitrogen and oxygen atoms in total. The van der Waals surface area contributed by atoms with Gasteiger partial charge >= 0.3 is 17.9 Å². The summed E-state index contributed by atoms with van der Waals surface area (Å²) in [5.41, 5.74) is 7.36. The zero-order valence-corrected chi connectivity index (χ0v) is 30.3. The number of benzene rings is 3. The molecule has 0 atom stereocenters. The molecule has 252 valence electrons. The van der Waals surface area contributed by atoms with Crippen molar-refractivity contribution < 1.29 is 43.2 Å². The topological polar surface area (TPSA) is 118 Å². The van der Waals surface area contributed by atoms with E-state index in [2.05, 4.69) is 15.9 Å². The number of aryl methyl sites for hydroxylation is 6. The van der Waals surface area contributed by atoms with Crippen LogP contribution in [0.4, 0.5) is 0 Å². The molecule has 3 aromatic rings. The second kappa shape index (κ2) is 19.5. The monoisotopic (exact) mass is 702 g/mol. The number of ether oxygens (including phenoxy) is 5. The summed E-state index contributed by atoms with van der Waals surface area (Å²) < 4.78 is 26.8. The maximum absolute atomic E-state index is 12.1. The summed E-state index contributed by atoms with van der Waals surface area (Å²) >= 11 is 3.42. The molecule has 0 aliphatic carbocycles. The van der Waals surface area contributed by atoms with E-state index in [4.69, 9.17) is 28.8 Å². The standard InChI is InChI=1S/C16H22O5.C11H14O3.C9H11BrO/c1-6-20-15(17)13(16(18)21-7-2)12-8-10(3)14(19-5)11(4)9-12;1-7-4-9(6-10(12)13)5-8(2)11(7)14-3;1-6-4-8(10)5-7(2)9(6)11-3/h8-9,13H,6-7H2,1-5H3;4-5H,6H2,1-3H3,(H,12,13);4-5H,1-3H3. The summed E-state index contributed by atoms with van der Waals surface area (Å²) in [6.07, 6.45) is 0.0612. The van der Waals surface area contributed by atoms with Crippen molar-refractivity contribution >= 4 is 33.8 Å². The Morgan fingerprint density at radius 2 is 0.957 bits per heavy atom. The number of aliphatic carboxylic acids is 1. The first-order chi connectivity index (χ1) is 21.6. The van der Waals surface area contributed by atoms with E-state index in [0.29, 0.717) is 5.56 Å². The summed E-state index contributed by atoms with van der Waals surface area (Å²) in [5, 5.41) is 8.64. The number of halogens is 1. The predicted octanol–water partition coefficient (Wildman–Crippen LogP) is 7.54. The van der Waals surface area contributed by atoms with Gasteiger partial charge in [0.1, 0.15) is 17.2 Å². The lowest BCUT2D eigenvalue weighted by molar-refractivity contribution is -0.157. The predicted molar refractivity (Wildman–Crippen MR) is 182 cm³/mol. The number of carboxylic acids is 1. The first kappa shape index (κ1) is 40.0. The molecule has 3 aromatic carbocycles. The average Bonchev–Trinajstić information content (AvgIpc) is 2.93. The van der Waals surface area contributed by atoms with E-state index >= 15 is 0 Å². The number of carbonyl (C=O) groups is 3. The second-order valence-electron chi connectivity index (χ2n) is 10.5. The number of esters is 2. The van der Waals surface area contributed by atoms with Gasteiger partial charge in [0.25, 0.3) is 0 Å². The summed E-state index contributed by atoms with van der Waals surface area (Å²) in [6, 6.07) is 11.3. The number of carbonyl (C=O) groups excluding carboxylic acids is 2. The molecule has 0 amide bonds. The van der Waals surface area contributed by atoms with Crippen molar-refractivity contribution in [1.29, 1.82) is 0 Å². The molecule has 0 saturated heterocycles. The lowest BCUT2D eigenvalue weighted by Crippen LogP contribution is -2.26. The molecule has 0 aliphatic heterocycles. The molecule has 1 N–H and O–H groups in total. The van der Waals surface area contributed by atoms with Crippen molar-refractivity contribution in [2.24, 2.45) is 0 Å². The van der Waals surface area contributed by atoms with Gasteiger partial charge in [-0.15, -0.1) is 0 Å². The van der Waals surface area contributed by atoms with Crippen molar-refractivity contribution in [3.8, 4) is 17.2 Å². The zero-order chi connectivity index (χ0) is 35.1. The maximum Gasteiger partial charge on any atom is 0.324 e. The van der Waals surface area contributed by atoms with Gasteiger partial charge in [0, 0.05) is 4.47 Å². The number of hydrogen-bond acceptors (Lipinski definition) is 8. The van der Waals surface area contributed by atoms with Crippen LogP contribution in [-0.2, 0) is 30.3 Å². The Balaban J connectivity index is 0.000000366. The fourth-order valence-corrected chi connectivity index (χ4v) is 5.84. The molecule has 0 unspecified atom stereocenters. The minimum absolute atomic E-state index is 0.0612.